The van der Waals surface area contributed by atoms with Gasteiger partial charge < -0.3 is 24.8 Å². The molecule has 0 nitrogen and oxygen atoms in total. The van der Waals surface area contributed by atoms with Crippen molar-refractivity contribution in [3.05, 3.63) is 167 Å². The minimum absolute atomic E-state index is 0. The third-order valence-corrected chi connectivity index (χ3v) is 8.68. The molecular weight excluding hydrogens is 886 g/mol. The molecule has 4 aliphatic carbocycles. The largest absolute Gasteiger partial charge is 1.00 e. The van der Waals surface area contributed by atoms with Gasteiger partial charge in [-0.05, 0) is 12.8 Å². The van der Waals surface area contributed by atoms with Crippen LogP contribution in [0, 0.1) is 36.1 Å². The number of benzene rings is 4. The maximum absolute atomic E-state index is 3.40. The molecule has 280 valence electrons. The fraction of sp³-hybridized carbons (Fsp3) is 0.333. The van der Waals surface area contributed by atoms with E-state index in [0.717, 1.165) is 25.7 Å². The average molecular weight is 943 g/mol. The maximum Gasteiger partial charge on any atom is -0.0253 e. The van der Waals surface area contributed by atoms with Crippen molar-refractivity contribution in [1.82, 2.24) is 0 Å². The Bertz CT molecular complexity index is 1660. The molecule has 8 rings (SSSR count). The van der Waals surface area contributed by atoms with E-state index in [1.54, 1.807) is 46.7 Å². The van der Waals surface area contributed by atoms with E-state index in [9.17, 15) is 0 Å². The number of hydrogen-bond donors (Lipinski definition) is 0. The van der Waals surface area contributed by atoms with Gasteiger partial charge in [0.05, 0.1) is 0 Å². The van der Waals surface area contributed by atoms with Crippen LogP contribution in [0.3, 0.4) is 0 Å². The van der Waals surface area contributed by atoms with E-state index in [4.69, 9.17) is 0 Å². The number of halogens is 2. The number of hydrogen-bond acceptors (Lipinski definition) is 0. The van der Waals surface area contributed by atoms with Gasteiger partial charge in [0.25, 0.3) is 0 Å². The molecule has 0 N–H and O–H groups in total. The second-order valence-corrected chi connectivity index (χ2v) is 32.3. The van der Waals surface area contributed by atoms with E-state index in [1.807, 2.05) is 12.1 Å². The van der Waals surface area contributed by atoms with Crippen LogP contribution in [0.1, 0.15) is 75.6 Å². The molecule has 2 unspecified atom stereocenters. The summed E-state index contributed by atoms with van der Waals surface area (Å²) in [6, 6.07) is 36.2. The van der Waals surface area contributed by atoms with Gasteiger partial charge in [0.2, 0.25) is 0 Å². The molecule has 0 bridgehead atoms. The molecular formula is C48H56Cl2Si2Zr2-2. The number of allylic oxidation sites excluding steroid dienone is 8. The minimum atomic E-state index is 0. The topological polar surface area (TPSA) is 0 Å². The fourth-order valence-corrected chi connectivity index (χ4v) is 6.04. The smallest absolute Gasteiger partial charge is 0.0253 e. The predicted octanol–water partition coefficient (Wildman–Crippen LogP) is 7.14. The van der Waals surface area contributed by atoms with Crippen LogP contribution in [0.4, 0.5) is 0 Å². The van der Waals surface area contributed by atoms with Crippen molar-refractivity contribution >= 4 is 10.9 Å². The summed E-state index contributed by atoms with van der Waals surface area (Å²) in [5.41, 5.74) is 14.2. The molecule has 4 aromatic carbocycles. The van der Waals surface area contributed by atoms with Crippen LogP contribution in [0.15, 0.2) is 120 Å². The molecule has 0 spiro atoms. The van der Waals surface area contributed by atoms with Crippen LogP contribution in [0.25, 0.3) is 22.3 Å². The first-order chi connectivity index (χ1) is 25.1. The van der Waals surface area contributed by atoms with E-state index in [0.29, 0.717) is 11.8 Å². The van der Waals surface area contributed by atoms with Crippen molar-refractivity contribution in [3.63, 3.8) is 0 Å². The Labute approximate surface area is 372 Å². The Morgan fingerprint density at radius 2 is 0.870 bits per heavy atom. The summed E-state index contributed by atoms with van der Waals surface area (Å²) >= 11 is 3.48. The first-order valence-corrected chi connectivity index (χ1v) is 31.3. The number of rotatable bonds is 4. The summed E-state index contributed by atoms with van der Waals surface area (Å²) in [6.07, 6.45) is 22.4. The summed E-state index contributed by atoms with van der Waals surface area (Å²) in [5.74, 6) is 1.22. The van der Waals surface area contributed by atoms with Crippen molar-refractivity contribution in [2.24, 2.45) is 11.8 Å². The molecule has 6 heteroatoms. The van der Waals surface area contributed by atoms with Crippen LogP contribution in [0.2, 0.25) is 26.2 Å². The van der Waals surface area contributed by atoms with Gasteiger partial charge in [0.15, 0.2) is 0 Å². The SMILES string of the molecule is CCC1=[C-]C(CC)C=C1.CCC1=[C-]C(CC)C=C1.C[Si](C)=[Zr+2].C[Si](C)=[Zr+2].[Cl-].[Cl-].[c-]1cccc2c1Cc1ccccc1-2.[c-]1cccc2c1Cc1ccccc1-2. The van der Waals surface area contributed by atoms with Crippen LogP contribution < -0.4 is 24.8 Å². The molecule has 0 heterocycles. The molecule has 0 aromatic heterocycles. The molecule has 0 amide bonds. The molecule has 0 fully saturated rings. The van der Waals surface area contributed by atoms with E-state index in [1.165, 1.54) is 68.5 Å². The van der Waals surface area contributed by atoms with Crippen molar-refractivity contribution in [1.29, 1.82) is 0 Å². The van der Waals surface area contributed by atoms with E-state index in [-0.39, 0.29) is 35.7 Å². The number of fused-ring (bicyclic) bond motifs is 6. The predicted molar refractivity (Wildman–Crippen MR) is 222 cm³/mol. The molecule has 4 aliphatic rings. The Balaban J connectivity index is 0.000000338. The average Bonchev–Trinajstić information content (AvgIpc) is 3.96. The van der Waals surface area contributed by atoms with E-state index < -0.39 is 0 Å². The van der Waals surface area contributed by atoms with Crippen molar-refractivity contribution in [2.45, 2.75) is 92.4 Å². The molecule has 2 atom stereocenters. The van der Waals surface area contributed by atoms with Crippen LogP contribution >= 0.6 is 0 Å². The van der Waals surface area contributed by atoms with Gasteiger partial charge in [-0.3, -0.25) is 12.2 Å². The summed E-state index contributed by atoms with van der Waals surface area (Å²) in [4.78, 5) is 0. The van der Waals surface area contributed by atoms with Gasteiger partial charge >= 0.3 is 83.7 Å². The zero-order valence-corrected chi connectivity index (χ0v) is 42.0. The van der Waals surface area contributed by atoms with Crippen LogP contribution in [-0.4, -0.2) is 10.9 Å². The first-order valence-electron chi connectivity index (χ1n) is 18.9. The first kappa shape index (κ1) is 50.6. The van der Waals surface area contributed by atoms with Gasteiger partial charge in [0, 0.05) is 0 Å². The van der Waals surface area contributed by atoms with Crippen molar-refractivity contribution in [3.8, 4) is 22.3 Å². The van der Waals surface area contributed by atoms with Crippen LogP contribution in [0.5, 0.6) is 0 Å². The Morgan fingerprint density at radius 1 is 0.537 bits per heavy atom. The van der Waals surface area contributed by atoms with Gasteiger partial charge in [-0.1, -0.05) is 136 Å². The quantitative estimate of drug-likeness (QED) is 0.131. The Kier molecular flexibility index (Phi) is 26.3. The fourth-order valence-electron chi connectivity index (χ4n) is 6.04. The molecule has 0 radical (unpaired) electrons. The van der Waals surface area contributed by atoms with Crippen molar-refractivity contribution < 1.29 is 71.5 Å². The molecule has 0 saturated heterocycles. The van der Waals surface area contributed by atoms with E-state index in [2.05, 4.69) is 175 Å². The standard InChI is InChI=1S/2C13H9.2C9H13.2C2H6Si.2ClH.2Zr/c2*1-3-7-12-10(5-1)9-11-6-2-4-8-13(11)12;2*1-3-8-5-6-9(4-2)7-8;2*1-3-2;;;;/h2*1-5,7-8H,9H2;2*5-6,8H,3-4H2,1-2H3;2*1-2H3;2*1H;;/q4*-1;;;;;2*+2/p-2. The summed E-state index contributed by atoms with van der Waals surface area (Å²) in [5, 5.41) is 0. The van der Waals surface area contributed by atoms with Gasteiger partial charge in [-0.25, -0.2) is 23.3 Å². The van der Waals surface area contributed by atoms with Gasteiger partial charge in [-0.2, -0.15) is 71.8 Å². The van der Waals surface area contributed by atoms with E-state index >= 15 is 0 Å². The normalized spacial score (nSPS) is 15.2. The van der Waals surface area contributed by atoms with Gasteiger partial charge in [0.1, 0.15) is 0 Å². The third kappa shape index (κ3) is 17.4. The molecule has 4 aromatic rings. The van der Waals surface area contributed by atoms with Crippen molar-refractivity contribution in [2.75, 3.05) is 0 Å². The summed E-state index contributed by atoms with van der Waals surface area (Å²) in [7, 11) is 0. The molecule has 54 heavy (non-hydrogen) atoms. The molecule has 0 aliphatic heterocycles. The Hall–Kier alpha value is -1.38. The second-order valence-electron chi connectivity index (χ2n) is 13.6. The third-order valence-electron chi connectivity index (χ3n) is 8.68. The summed E-state index contributed by atoms with van der Waals surface area (Å²) < 4.78 is 0. The minimum Gasteiger partial charge on any atom is -1.00 e. The zero-order valence-electron chi connectivity index (χ0n) is 33.5. The monoisotopic (exact) mass is 938 g/mol. The zero-order chi connectivity index (χ0) is 37.9. The molecule has 0 saturated carbocycles. The summed E-state index contributed by atoms with van der Waals surface area (Å²) in [6.45, 7) is 18.0. The van der Waals surface area contributed by atoms with Crippen LogP contribution in [-0.2, 0) is 59.5 Å². The maximum atomic E-state index is 3.40. The Morgan fingerprint density at radius 3 is 1.17 bits per heavy atom. The van der Waals surface area contributed by atoms with Gasteiger partial charge in [-0.15, -0.1) is 11.1 Å². The second kappa shape index (κ2) is 28.1.